The van der Waals surface area contributed by atoms with E-state index in [1.54, 1.807) is 18.2 Å². The number of fused-ring (bicyclic) bond motifs is 1. The number of anilines is 1. The van der Waals surface area contributed by atoms with Crippen LogP contribution in [0.15, 0.2) is 90.3 Å². The number of alkyl halides is 6. The van der Waals surface area contributed by atoms with Gasteiger partial charge in [0.1, 0.15) is 10.7 Å². The lowest BCUT2D eigenvalue weighted by Crippen LogP contribution is -2.21. The van der Waals surface area contributed by atoms with Crippen molar-refractivity contribution in [2.75, 3.05) is 5.32 Å². The van der Waals surface area contributed by atoms with Crippen LogP contribution in [0.3, 0.4) is 0 Å². The molecule has 0 aliphatic carbocycles. The molecule has 5 rings (SSSR count). The van der Waals surface area contributed by atoms with Crippen molar-refractivity contribution in [1.82, 2.24) is 19.7 Å². The van der Waals surface area contributed by atoms with Crippen LogP contribution in [0.4, 0.5) is 32.0 Å². The molecular weight excluding hydrogens is 556 g/mol. The molecule has 0 saturated carbocycles. The second-order valence-corrected chi connectivity index (χ2v) is 9.42. The van der Waals surface area contributed by atoms with Crippen molar-refractivity contribution in [3.05, 3.63) is 108 Å². The van der Waals surface area contributed by atoms with Crippen LogP contribution in [0, 0.1) is 0 Å². The molecule has 6 nitrogen and oxygen atoms in total. The number of nitrogens with zero attached hydrogens (tertiary/aromatic N) is 4. The number of hydrogen-bond acceptors (Lipinski definition) is 5. The molecule has 0 bridgehead atoms. The van der Waals surface area contributed by atoms with Crippen molar-refractivity contribution in [3.63, 3.8) is 0 Å². The van der Waals surface area contributed by atoms with Gasteiger partial charge in [0.15, 0.2) is 5.69 Å². The van der Waals surface area contributed by atoms with E-state index in [0.717, 1.165) is 24.0 Å². The van der Waals surface area contributed by atoms with Gasteiger partial charge in [-0.1, -0.05) is 42.5 Å². The molecule has 13 heteroatoms. The highest BCUT2D eigenvalue weighted by Gasteiger charge is 2.41. The van der Waals surface area contributed by atoms with E-state index in [2.05, 4.69) is 20.4 Å². The zero-order valence-corrected chi connectivity index (χ0v) is 21.0. The fraction of sp³-hybridized carbons (Fsp3) is 0.111. The number of pyridine rings is 2. The first-order chi connectivity index (χ1) is 19.0. The molecule has 2 aromatic carbocycles. The highest BCUT2D eigenvalue weighted by atomic mass is 32.2. The molecule has 0 fully saturated rings. The summed E-state index contributed by atoms with van der Waals surface area (Å²) in [5.41, 5.74) is -2.82. The van der Waals surface area contributed by atoms with Gasteiger partial charge in [0.05, 0.1) is 17.4 Å². The maximum atomic E-state index is 14.3. The summed E-state index contributed by atoms with van der Waals surface area (Å²) < 4.78 is 82.5. The van der Waals surface area contributed by atoms with Crippen LogP contribution in [0.25, 0.3) is 16.5 Å². The van der Waals surface area contributed by atoms with Crippen LogP contribution < -0.4 is 5.32 Å². The van der Waals surface area contributed by atoms with Crippen LogP contribution in [0.5, 0.6) is 0 Å². The average molecular weight is 574 g/mol. The number of carbonyl (C=O) groups is 1. The van der Waals surface area contributed by atoms with Gasteiger partial charge in [-0.2, -0.15) is 31.4 Å². The fourth-order valence-corrected chi connectivity index (χ4v) is 4.99. The maximum Gasteiger partial charge on any atom is 0.434 e. The lowest BCUT2D eigenvalue weighted by molar-refractivity contribution is -0.143. The van der Waals surface area contributed by atoms with Crippen molar-refractivity contribution in [2.24, 2.45) is 0 Å². The second kappa shape index (κ2) is 10.6. The molecule has 204 valence electrons. The van der Waals surface area contributed by atoms with Crippen LogP contribution in [0.1, 0.15) is 27.3 Å². The van der Waals surface area contributed by atoms with E-state index >= 15 is 0 Å². The first-order valence-corrected chi connectivity index (χ1v) is 12.6. The van der Waals surface area contributed by atoms with E-state index in [0.29, 0.717) is 32.3 Å². The molecular formula is C27H17F6N5OS. The van der Waals surface area contributed by atoms with Gasteiger partial charge in [-0.15, -0.1) is 11.8 Å². The van der Waals surface area contributed by atoms with Crippen molar-refractivity contribution in [3.8, 4) is 5.69 Å². The minimum absolute atomic E-state index is 0.0519. The normalized spacial score (nSPS) is 12.1. The molecule has 3 heterocycles. The number of rotatable bonds is 6. The molecule has 0 aliphatic rings. The Hall–Kier alpha value is -4.39. The smallest absolute Gasteiger partial charge is 0.322 e. The summed E-state index contributed by atoms with van der Waals surface area (Å²) in [5, 5.41) is 7.54. The quantitative estimate of drug-likeness (QED) is 0.169. The molecule has 0 saturated heterocycles. The number of nitrogens with one attached hydrogen (secondary N) is 1. The highest BCUT2D eigenvalue weighted by Crippen LogP contribution is 2.37. The van der Waals surface area contributed by atoms with E-state index in [-0.39, 0.29) is 11.4 Å². The molecule has 3 aromatic heterocycles. The number of benzene rings is 2. The van der Waals surface area contributed by atoms with E-state index in [4.69, 9.17) is 0 Å². The summed E-state index contributed by atoms with van der Waals surface area (Å²) >= 11 is 1.42. The SMILES string of the molecule is O=C(Nc1ccnc(C(F)(F)F)c1)c1cnn(-c2cccc3c(SCc4ccccc4)nccc23)c1C(F)(F)F. The summed E-state index contributed by atoms with van der Waals surface area (Å²) in [6.45, 7) is 0. The number of amides is 1. The summed E-state index contributed by atoms with van der Waals surface area (Å²) in [6.07, 6.45) is -6.83. The van der Waals surface area contributed by atoms with Gasteiger partial charge >= 0.3 is 12.4 Å². The lowest BCUT2D eigenvalue weighted by Gasteiger charge is -2.15. The monoisotopic (exact) mass is 573 g/mol. The molecule has 0 spiro atoms. The minimum atomic E-state index is -5.03. The van der Waals surface area contributed by atoms with Gasteiger partial charge in [0.2, 0.25) is 0 Å². The molecule has 5 aromatic rings. The Morgan fingerprint density at radius 3 is 2.33 bits per heavy atom. The zero-order valence-electron chi connectivity index (χ0n) is 20.2. The van der Waals surface area contributed by atoms with E-state index in [9.17, 15) is 31.1 Å². The van der Waals surface area contributed by atoms with Crippen molar-refractivity contribution >= 4 is 34.1 Å². The number of aromatic nitrogens is 4. The third kappa shape index (κ3) is 5.64. The molecule has 1 N–H and O–H groups in total. The molecule has 0 radical (unpaired) electrons. The lowest BCUT2D eigenvalue weighted by atomic mass is 10.1. The van der Waals surface area contributed by atoms with Crippen LogP contribution >= 0.6 is 11.8 Å². The average Bonchev–Trinajstić information content (AvgIpc) is 3.38. The Morgan fingerprint density at radius 1 is 0.850 bits per heavy atom. The minimum Gasteiger partial charge on any atom is -0.322 e. The predicted octanol–water partition coefficient (Wildman–Crippen LogP) is 7.40. The molecule has 40 heavy (non-hydrogen) atoms. The Balaban J connectivity index is 1.52. The number of halogens is 6. The van der Waals surface area contributed by atoms with E-state index in [1.807, 2.05) is 30.3 Å². The number of hydrogen-bond donors (Lipinski definition) is 1. The summed E-state index contributed by atoms with van der Waals surface area (Å²) in [4.78, 5) is 20.4. The van der Waals surface area contributed by atoms with Crippen molar-refractivity contribution < 1.29 is 31.1 Å². The van der Waals surface area contributed by atoms with Crippen LogP contribution in [-0.2, 0) is 18.1 Å². The highest BCUT2D eigenvalue weighted by molar-refractivity contribution is 7.98. The predicted molar refractivity (Wildman–Crippen MR) is 137 cm³/mol. The standard InChI is InChI=1S/C27H17F6N5OS/c28-26(29,30)22-13-17(9-11-34-22)37-24(39)20-14-36-38(23(20)27(31,32)33)21-8-4-7-19-18(21)10-12-35-25(19)40-15-16-5-2-1-3-6-16/h1-14H,15H2,(H,34,37,39). The Kier molecular flexibility index (Phi) is 7.23. The topological polar surface area (TPSA) is 72.7 Å². The first-order valence-electron chi connectivity index (χ1n) is 11.6. The summed E-state index contributed by atoms with van der Waals surface area (Å²) in [6, 6.07) is 17.4. The molecule has 0 atom stereocenters. The van der Waals surface area contributed by atoms with Gasteiger partial charge in [0, 0.05) is 34.6 Å². The summed E-state index contributed by atoms with van der Waals surface area (Å²) in [7, 11) is 0. The Bertz CT molecular complexity index is 1680. The van der Waals surface area contributed by atoms with E-state index in [1.165, 1.54) is 24.0 Å². The van der Waals surface area contributed by atoms with Gasteiger partial charge in [-0.25, -0.2) is 9.67 Å². The molecule has 1 amide bonds. The Labute approximate surface area is 227 Å². The third-order valence-corrected chi connectivity index (χ3v) is 6.86. The first kappa shape index (κ1) is 27.2. The zero-order chi connectivity index (χ0) is 28.5. The molecule has 0 unspecified atom stereocenters. The van der Waals surface area contributed by atoms with Crippen molar-refractivity contribution in [2.45, 2.75) is 23.1 Å². The third-order valence-electron chi connectivity index (χ3n) is 5.78. The Morgan fingerprint density at radius 2 is 1.60 bits per heavy atom. The van der Waals surface area contributed by atoms with E-state index < -0.39 is 35.2 Å². The number of thioether (sulfide) groups is 1. The summed E-state index contributed by atoms with van der Waals surface area (Å²) in [5.74, 6) is -0.693. The van der Waals surface area contributed by atoms with Crippen LogP contribution in [-0.4, -0.2) is 25.7 Å². The molecule has 0 aliphatic heterocycles. The van der Waals surface area contributed by atoms with Gasteiger partial charge < -0.3 is 5.32 Å². The van der Waals surface area contributed by atoms with Gasteiger partial charge in [0.25, 0.3) is 5.91 Å². The van der Waals surface area contributed by atoms with Crippen molar-refractivity contribution in [1.29, 1.82) is 0 Å². The maximum absolute atomic E-state index is 14.3. The van der Waals surface area contributed by atoms with Gasteiger partial charge in [-0.3, -0.25) is 9.78 Å². The fourth-order valence-electron chi connectivity index (χ4n) is 4.02. The van der Waals surface area contributed by atoms with Crippen LogP contribution in [0.2, 0.25) is 0 Å². The number of carbonyl (C=O) groups excluding carboxylic acids is 1. The second-order valence-electron chi connectivity index (χ2n) is 8.46. The largest absolute Gasteiger partial charge is 0.434 e. The van der Waals surface area contributed by atoms with Gasteiger partial charge in [-0.05, 0) is 29.8 Å².